The van der Waals surface area contributed by atoms with Gasteiger partial charge in [0, 0.05) is 48.5 Å². The van der Waals surface area contributed by atoms with E-state index in [1.807, 2.05) is 38.2 Å². The number of anilines is 3. The van der Waals surface area contributed by atoms with Gasteiger partial charge in [-0.25, -0.2) is 15.0 Å². The summed E-state index contributed by atoms with van der Waals surface area (Å²) in [5.74, 6) is 9.48. The topological polar surface area (TPSA) is 94.1 Å². The zero-order valence-corrected chi connectivity index (χ0v) is 17.6. The standard InChI is InChI=1S/C24H20N6O2/c1-15-14-31-23-5-3-4-21(30-23)29-22-11-19-16(12-28-24(25-2)20(19)13-27-22)6-7-17-10-18(32-15)8-9-26-17/h3-5,8-13,15H,14H2,1-2H3,(H,25,28)(H,27,29,30). The minimum Gasteiger partial charge on any atom is -0.487 e. The average Bonchev–Trinajstić information content (AvgIpc) is 2.81. The van der Waals surface area contributed by atoms with Crippen molar-refractivity contribution in [2.45, 2.75) is 13.0 Å². The van der Waals surface area contributed by atoms with Crippen LogP contribution < -0.4 is 20.1 Å². The highest BCUT2D eigenvalue weighted by Gasteiger charge is 2.11. The Bertz CT molecular complexity index is 1360. The van der Waals surface area contributed by atoms with Crippen molar-refractivity contribution >= 4 is 28.2 Å². The van der Waals surface area contributed by atoms with Crippen LogP contribution in [0.3, 0.4) is 0 Å². The second-order valence-corrected chi connectivity index (χ2v) is 7.24. The SMILES string of the molecule is CNc1ncc2c3cc(ncc13)Nc1cccc(n1)OCC(C)Oc1ccnc(c1)C#C2. The maximum Gasteiger partial charge on any atom is 0.215 e. The van der Waals surface area contributed by atoms with Crippen LogP contribution in [0.15, 0.2) is 55.0 Å². The molecule has 2 N–H and O–H groups in total. The van der Waals surface area contributed by atoms with Crippen molar-refractivity contribution in [1.29, 1.82) is 0 Å². The van der Waals surface area contributed by atoms with E-state index in [1.165, 1.54) is 0 Å². The molecular weight excluding hydrogens is 404 g/mol. The molecule has 5 heterocycles. The minimum absolute atomic E-state index is 0.193. The van der Waals surface area contributed by atoms with E-state index in [9.17, 15) is 0 Å². The van der Waals surface area contributed by atoms with E-state index in [0.29, 0.717) is 35.6 Å². The maximum atomic E-state index is 5.97. The average molecular weight is 424 g/mol. The van der Waals surface area contributed by atoms with Gasteiger partial charge in [0.05, 0.1) is 5.56 Å². The Kier molecular flexibility index (Phi) is 5.14. The predicted molar refractivity (Wildman–Crippen MR) is 122 cm³/mol. The normalized spacial score (nSPS) is 14.9. The molecule has 4 aromatic heterocycles. The molecule has 6 bridgehead atoms. The fourth-order valence-corrected chi connectivity index (χ4v) is 3.35. The molecule has 32 heavy (non-hydrogen) atoms. The van der Waals surface area contributed by atoms with Gasteiger partial charge in [-0.05, 0) is 31.0 Å². The van der Waals surface area contributed by atoms with E-state index < -0.39 is 0 Å². The molecule has 1 unspecified atom stereocenters. The first kappa shape index (κ1) is 19.6. The van der Waals surface area contributed by atoms with Crippen LogP contribution in [0.2, 0.25) is 0 Å². The van der Waals surface area contributed by atoms with E-state index >= 15 is 0 Å². The van der Waals surface area contributed by atoms with Gasteiger partial charge in [0.25, 0.3) is 0 Å². The number of nitrogens with zero attached hydrogens (tertiary/aromatic N) is 4. The van der Waals surface area contributed by atoms with Crippen LogP contribution in [0.4, 0.5) is 17.5 Å². The van der Waals surface area contributed by atoms with Crippen molar-refractivity contribution < 1.29 is 9.47 Å². The minimum atomic E-state index is -0.193. The van der Waals surface area contributed by atoms with Gasteiger partial charge in [0.15, 0.2) is 0 Å². The number of nitrogens with one attached hydrogen (secondary N) is 2. The molecule has 158 valence electrons. The molecule has 1 atom stereocenters. The number of fused-ring (bicyclic) bond motifs is 5. The quantitative estimate of drug-likeness (QED) is 0.446. The van der Waals surface area contributed by atoms with Crippen LogP contribution in [0, 0.1) is 11.8 Å². The largest absolute Gasteiger partial charge is 0.487 e. The molecule has 0 saturated carbocycles. The highest BCUT2D eigenvalue weighted by molar-refractivity contribution is 5.96. The lowest BCUT2D eigenvalue weighted by Gasteiger charge is -2.15. The highest BCUT2D eigenvalue weighted by Crippen LogP contribution is 2.27. The summed E-state index contributed by atoms with van der Waals surface area (Å²) in [5.41, 5.74) is 1.37. The molecule has 0 aliphatic carbocycles. The number of ether oxygens (including phenoxy) is 2. The summed E-state index contributed by atoms with van der Waals surface area (Å²) in [7, 11) is 1.83. The third kappa shape index (κ3) is 4.09. The second-order valence-electron chi connectivity index (χ2n) is 7.24. The van der Waals surface area contributed by atoms with Gasteiger partial charge in [0.1, 0.15) is 41.6 Å². The number of aromatic nitrogens is 4. The Morgan fingerprint density at radius 2 is 1.97 bits per heavy atom. The van der Waals surface area contributed by atoms with E-state index in [0.717, 1.165) is 22.2 Å². The Labute approximate surface area is 185 Å². The highest BCUT2D eigenvalue weighted by atomic mass is 16.5. The third-order valence-electron chi connectivity index (χ3n) is 4.85. The summed E-state index contributed by atoms with van der Waals surface area (Å²) < 4.78 is 11.8. The molecule has 8 nitrogen and oxygen atoms in total. The lowest BCUT2D eigenvalue weighted by Crippen LogP contribution is -2.21. The molecule has 0 radical (unpaired) electrons. The summed E-state index contributed by atoms with van der Waals surface area (Å²) in [5, 5.41) is 8.12. The van der Waals surface area contributed by atoms with Crippen molar-refractivity contribution in [3.05, 3.63) is 66.2 Å². The van der Waals surface area contributed by atoms with Gasteiger partial charge in [0.2, 0.25) is 5.88 Å². The van der Waals surface area contributed by atoms with E-state index in [1.54, 1.807) is 30.7 Å². The van der Waals surface area contributed by atoms with Gasteiger partial charge in [-0.15, -0.1) is 0 Å². The molecule has 8 heteroatoms. The molecule has 5 rings (SSSR count). The van der Waals surface area contributed by atoms with E-state index in [-0.39, 0.29) is 6.10 Å². The van der Waals surface area contributed by atoms with Gasteiger partial charge in [-0.1, -0.05) is 12.0 Å². The van der Waals surface area contributed by atoms with Crippen LogP contribution in [0.5, 0.6) is 11.6 Å². The first-order chi connectivity index (χ1) is 15.7. The van der Waals surface area contributed by atoms with Crippen LogP contribution in [0.1, 0.15) is 18.2 Å². The van der Waals surface area contributed by atoms with Crippen LogP contribution in [0.25, 0.3) is 10.8 Å². The summed E-state index contributed by atoms with van der Waals surface area (Å²) in [6.07, 6.45) is 5.00. The summed E-state index contributed by atoms with van der Waals surface area (Å²) >= 11 is 0. The zero-order chi connectivity index (χ0) is 21.9. The molecule has 0 spiro atoms. The van der Waals surface area contributed by atoms with Gasteiger partial charge in [-0.3, -0.25) is 0 Å². The van der Waals surface area contributed by atoms with Crippen LogP contribution >= 0.6 is 0 Å². The summed E-state index contributed by atoms with van der Waals surface area (Å²) in [6.45, 7) is 2.27. The van der Waals surface area contributed by atoms with E-state index in [2.05, 4.69) is 42.4 Å². The van der Waals surface area contributed by atoms with Crippen LogP contribution in [-0.2, 0) is 0 Å². The van der Waals surface area contributed by atoms with Crippen molar-refractivity contribution in [2.75, 3.05) is 24.3 Å². The first-order valence-electron chi connectivity index (χ1n) is 10.2. The lowest BCUT2D eigenvalue weighted by molar-refractivity contribution is 0.140. The van der Waals surface area contributed by atoms with E-state index in [4.69, 9.17) is 9.47 Å². The molecule has 0 fully saturated rings. The van der Waals surface area contributed by atoms with Crippen molar-refractivity contribution in [3.8, 4) is 23.5 Å². The third-order valence-corrected chi connectivity index (χ3v) is 4.85. The van der Waals surface area contributed by atoms with Gasteiger partial charge >= 0.3 is 0 Å². The van der Waals surface area contributed by atoms with Gasteiger partial charge in [-0.2, -0.15) is 4.98 Å². The van der Waals surface area contributed by atoms with Crippen molar-refractivity contribution in [1.82, 2.24) is 19.9 Å². The predicted octanol–water partition coefficient (Wildman–Crippen LogP) is 3.76. The fraction of sp³-hybridized carbons (Fsp3) is 0.167. The molecule has 0 aromatic carbocycles. The molecule has 0 saturated heterocycles. The Morgan fingerprint density at radius 1 is 1.03 bits per heavy atom. The Hall–Kier alpha value is -4.38. The fourth-order valence-electron chi connectivity index (χ4n) is 3.35. The summed E-state index contributed by atoms with van der Waals surface area (Å²) in [4.78, 5) is 17.9. The maximum absolute atomic E-state index is 5.97. The molecule has 0 amide bonds. The molecule has 1 aliphatic rings. The molecule has 4 aromatic rings. The number of rotatable bonds is 1. The number of pyridine rings is 4. The Balaban J connectivity index is 1.66. The van der Waals surface area contributed by atoms with Crippen LogP contribution in [-0.4, -0.2) is 39.7 Å². The zero-order valence-electron chi connectivity index (χ0n) is 17.6. The van der Waals surface area contributed by atoms with Crippen molar-refractivity contribution in [3.63, 3.8) is 0 Å². The lowest BCUT2D eigenvalue weighted by atomic mass is 10.1. The summed E-state index contributed by atoms with van der Waals surface area (Å²) in [6, 6.07) is 11.1. The number of hydrogen-bond donors (Lipinski definition) is 2. The number of hydrogen-bond acceptors (Lipinski definition) is 8. The smallest absolute Gasteiger partial charge is 0.215 e. The molecular formula is C24H20N6O2. The van der Waals surface area contributed by atoms with Crippen molar-refractivity contribution in [2.24, 2.45) is 0 Å². The second kappa shape index (κ2) is 8.40. The van der Waals surface area contributed by atoms with Gasteiger partial charge < -0.3 is 20.1 Å². The molecule has 1 aliphatic heterocycles. The Morgan fingerprint density at radius 3 is 2.88 bits per heavy atom. The first-order valence-corrected chi connectivity index (χ1v) is 10.2. The monoisotopic (exact) mass is 424 g/mol.